The molecule has 2 saturated carbocycles. The molecule has 29 heavy (non-hydrogen) atoms. The summed E-state index contributed by atoms with van der Waals surface area (Å²) in [5.74, 6) is 3.15. The summed E-state index contributed by atoms with van der Waals surface area (Å²) >= 11 is 0. The van der Waals surface area contributed by atoms with Crippen molar-refractivity contribution in [3.8, 4) is 22.9 Å². The molecule has 6 rings (SSSR count). The minimum Gasteiger partial charge on any atom is -0.462 e. The second-order valence-corrected chi connectivity index (χ2v) is 8.32. The van der Waals surface area contributed by atoms with Crippen molar-refractivity contribution in [3.63, 3.8) is 0 Å². The molecular formula is C23H20N2O4. The summed E-state index contributed by atoms with van der Waals surface area (Å²) in [6, 6.07) is 15.5. The van der Waals surface area contributed by atoms with Crippen molar-refractivity contribution in [1.82, 2.24) is 10.1 Å². The third-order valence-electron chi connectivity index (χ3n) is 6.58. The van der Waals surface area contributed by atoms with E-state index >= 15 is 0 Å². The Morgan fingerprint density at radius 3 is 2.45 bits per heavy atom. The molecule has 2 heterocycles. The van der Waals surface area contributed by atoms with Crippen molar-refractivity contribution >= 4 is 5.97 Å². The van der Waals surface area contributed by atoms with Gasteiger partial charge in [-0.1, -0.05) is 22.9 Å². The van der Waals surface area contributed by atoms with Crippen LogP contribution in [0.2, 0.25) is 0 Å². The molecular weight excluding hydrogens is 368 g/mol. The highest BCUT2D eigenvalue weighted by Gasteiger charge is 2.63. The van der Waals surface area contributed by atoms with Gasteiger partial charge in [-0.3, -0.25) is 4.79 Å². The molecule has 2 aromatic carbocycles. The first kappa shape index (κ1) is 16.8. The van der Waals surface area contributed by atoms with Crippen LogP contribution in [0.1, 0.15) is 30.2 Å². The monoisotopic (exact) mass is 388 g/mol. The molecule has 6 nitrogen and oxygen atoms in total. The molecule has 146 valence electrons. The largest absolute Gasteiger partial charge is 0.462 e. The highest BCUT2D eigenvalue weighted by Crippen LogP contribution is 2.61. The maximum Gasteiger partial charge on any atom is 0.310 e. The maximum absolute atomic E-state index is 12.2. The normalized spacial score (nSPS) is 29.3. The van der Waals surface area contributed by atoms with E-state index in [2.05, 4.69) is 10.1 Å². The van der Waals surface area contributed by atoms with Crippen LogP contribution in [0.3, 0.4) is 0 Å². The van der Waals surface area contributed by atoms with Crippen molar-refractivity contribution < 1.29 is 18.8 Å². The minimum atomic E-state index is -0.114. The Hall–Kier alpha value is -3.15. The van der Waals surface area contributed by atoms with Crippen LogP contribution < -0.4 is 4.74 Å². The summed E-state index contributed by atoms with van der Waals surface area (Å²) in [5.41, 5.74) is 2.05. The van der Waals surface area contributed by atoms with E-state index in [1.54, 1.807) is 0 Å². The van der Waals surface area contributed by atoms with Crippen LogP contribution in [0, 0.1) is 24.7 Å². The number of aryl methyl sites for hydroxylation is 1. The van der Waals surface area contributed by atoms with Crippen molar-refractivity contribution in [1.29, 1.82) is 0 Å². The predicted molar refractivity (Wildman–Crippen MR) is 103 cm³/mol. The Morgan fingerprint density at radius 1 is 0.966 bits per heavy atom. The highest BCUT2D eigenvalue weighted by atomic mass is 16.6. The molecule has 6 heteroatoms. The van der Waals surface area contributed by atoms with Crippen LogP contribution in [-0.2, 0) is 9.53 Å². The lowest BCUT2D eigenvalue weighted by Crippen LogP contribution is -2.24. The van der Waals surface area contributed by atoms with E-state index in [4.69, 9.17) is 14.0 Å². The number of rotatable bonds is 4. The molecule has 2 bridgehead atoms. The zero-order chi connectivity index (χ0) is 19.5. The summed E-state index contributed by atoms with van der Waals surface area (Å²) in [6.07, 6.45) is 2.05. The second-order valence-electron chi connectivity index (χ2n) is 8.32. The SMILES string of the molecule is Cc1ccc(Oc2ccc(-c3noc([C@@H]4[C@@H]5C[C@@H]6[C@@H]4C(=O)O[C@@H]6C5)n3)cc2)cc1. The van der Waals surface area contributed by atoms with Gasteiger partial charge in [-0.05, 0) is 62.1 Å². The number of carbonyl (C=O) groups excluding carboxylic acids is 1. The fraction of sp³-hybridized carbons (Fsp3) is 0.348. The van der Waals surface area contributed by atoms with E-state index in [1.807, 2.05) is 55.5 Å². The lowest BCUT2D eigenvalue weighted by atomic mass is 9.80. The average Bonchev–Trinajstić information content (AvgIpc) is 3.46. The van der Waals surface area contributed by atoms with Crippen molar-refractivity contribution in [2.24, 2.45) is 17.8 Å². The molecule has 1 saturated heterocycles. The first-order chi connectivity index (χ1) is 14.2. The van der Waals surface area contributed by atoms with Crippen LogP contribution in [0.5, 0.6) is 11.5 Å². The van der Waals surface area contributed by atoms with Crippen LogP contribution in [0.4, 0.5) is 0 Å². The Bertz CT molecular complexity index is 1070. The predicted octanol–water partition coefficient (Wildman–Crippen LogP) is 4.50. The van der Waals surface area contributed by atoms with Crippen LogP contribution in [-0.4, -0.2) is 22.2 Å². The number of hydrogen-bond donors (Lipinski definition) is 0. The van der Waals surface area contributed by atoms with Crippen LogP contribution in [0.15, 0.2) is 53.1 Å². The molecule has 2 aliphatic carbocycles. The van der Waals surface area contributed by atoms with Gasteiger partial charge in [0.25, 0.3) is 0 Å². The quantitative estimate of drug-likeness (QED) is 0.613. The van der Waals surface area contributed by atoms with E-state index in [9.17, 15) is 4.79 Å². The molecule has 0 spiro atoms. The summed E-state index contributed by atoms with van der Waals surface area (Å²) in [7, 11) is 0. The van der Waals surface area contributed by atoms with Gasteiger partial charge in [-0.15, -0.1) is 0 Å². The number of ether oxygens (including phenoxy) is 2. The average molecular weight is 388 g/mol. The van der Waals surface area contributed by atoms with Gasteiger partial charge in [-0.25, -0.2) is 0 Å². The molecule has 0 amide bonds. The third kappa shape index (κ3) is 2.66. The standard InChI is InChI=1S/C23H20N2O4/c1-12-2-6-15(7-3-12)27-16-8-4-13(5-9-16)21-24-22(29-25-21)19-14-10-17-18(11-14)28-23(26)20(17)19/h2-9,14,17-20H,10-11H2,1H3/t14-,17+,18-,19-,20+/m1/s1. The molecule has 5 atom stereocenters. The number of fused-ring (bicyclic) bond motifs is 1. The van der Waals surface area contributed by atoms with E-state index < -0.39 is 0 Å². The highest BCUT2D eigenvalue weighted by molar-refractivity contribution is 5.78. The summed E-state index contributed by atoms with van der Waals surface area (Å²) in [4.78, 5) is 16.9. The van der Waals surface area contributed by atoms with Gasteiger partial charge in [-0.2, -0.15) is 4.98 Å². The first-order valence-corrected chi connectivity index (χ1v) is 10.0. The molecule has 1 aromatic heterocycles. The third-order valence-corrected chi connectivity index (χ3v) is 6.58. The van der Waals surface area contributed by atoms with Crippen molar-refractivity contribution in [2.45, 2.75) is 31.8 Å². The summed E-state index contributed by atoms with van der Waals surface area (Å²) < 4.78 is 17.0. The van der Waals surface area contributed by atoms with E-state index in [0.717, 1.165) is 29.9 Å². The first-order valence-electron chi connectivity index (χ1n) is 10.0. The van der Waals surface area contributed by atoms with E-state index in [-0.39, 0.29) is 23.9 Å². The maximum atomic E-state index is 12.2. The zero-order valence-electron chi connectivity index (χ0n) is 15.9. The lowest BCUT2D eigenvalue weighted by molar-refractivity contribution is -0.143. The Labute approximate surface area is 167 Å². The number of nitrogens with zero attached hydrogens (tertiary/aromatic N) is 2. The van der Waals surface area contributed by atoms with Crippen LogP contribution >= 0.6 is 0 Å². The van der Waals surface area contributed by atoms with Gasteiger partial charge in [0.1, 0.15) is 17.6 Å². The number of carbonyl (C=O) groups is 1. The topological polar surface area (TPSA) is 74.5 Å². The smallest absolute Gasteiger partial charge is 0.310 e. The van der Waals surface area contributed by atoms with Crippen molar-refractivity contribution in [2.75, 3.05) is 0 Å². The molecule has 1 aliphatic heterocycles. The van der Waals surface area contributed by atoms with Gasteiger partial charge in [0.15, 0.2) is 0 Å². The Morgan fingerprint density at radius 2 is 1.69 bits per heavy atom. The lowest BCUT2D eigenvalue weighted by Gasteiger charge is -2.20. The molecule has 3 aliphatic rings. The number of benzene rings is 2. The van der Waals surface area contributed by atoms with Crippen molar-refractivity contribution in [3.05, 3.63) is 60.0 Å². The summed E-state index contributed by atoms with van der Waals surface area (Å²) in [6.45, 7) is 2.04. The Balaban J connectivity index is 1.21. The van der Waals surface area contributed by atoms with Gasteiger partial charge in [0.2, 0.25) is 11.7 Å². The number of esters is 1. The minimum absolute atomic E-state index is 0.00311. The number of hydrogen-bond acceptors (Lipinski definition) is 6. The zero-order valence-corrected chi connectivity index (χ0v) is 15.9. The molecule has 0 unspecified atom stereocenters. The molecule has 0 radical (unpaired) electrons. The van der Waals surface area contributed by atoms with Gasteiger partial charge < -0.3 is 14.0 Å². The van der Waals surface area contributed by atoms with Gasteiger partial charge in [0, 0.05) is 11.5 Å². The van der Waals surface area contributed by atoms with Gasteiger partial charge in [0.05, 0.1) is 11.8 Å². The second kappa shape index (κ2) is 6.17. The molecule has 0 N–H and O–H groups in total. The van der Waals surface area contributed by atoms with E-state index in [1.165, 1.54) is 5.56 Å². The molecule has 3 fully saturated rings. The Kier molecular flexibility index (Phi) is 3.57. The van der Waals surface area contributed by atoms with Gasteiger partial charge >= 0.3 is 5.97 Å². The van der Waals surface area contributed by atoms with E-state index in [0.29, 0.717) is 23.6 Å². The van der Waals surface area contributed by atoms with Crippen LogP contribution in [0.25, 0.3) is 11.4 Å². The number of aromatic nitrogens is 2. The molecule has 3 aromatic rings. The summed E-state index contributed by atoms with van der Waals surface area (Å²) in [5, 5.41) is 4.17. The fourth-order valence-electron chi connectivity index (χ4n) is 5.24. The fourth-order valence-corrected chi connectivity index (χ4v) is 5.24.